The SMILES string of the molecule is Cl.O=C(c1ccc2c(c1)OCCO2)N(CCN1CCOCC1)c1nc2ccc(Cl)cc2s1. The smallest absolute Gasteiger partial charge is 0.260 e. The number of carbonyl (C=O) groups is 1. The maximum Gasteiger partial charge on any atom is 0.260 e. The topological polar surface area (TPSA) is 64.1 Å². The van der Waals surface area contributed by atoms with Gasteiger partial charge < -0.3 is 14.2 Å². The van der Waals surface area contributed by atoms with E-state index >= 15 is 0 Å². The largest absolute Gasteiger partial charge is 0.486 e. The fourth-order valence-electron chi connectivity index (χ4n) is 3.68. The second kappa shape index (κ2) is 10.2. The van der Waals surface area contributed by atoms with Crippen molar-refractivity contribution in [2.45, 2.75) is 0 Å². The number of morpholine rings is 1. The van der Waals surface area contributed by atoms with Crippen molar-refractivity contribution in [3.63, 3.8) is 0 Å². The molecule has 1 aromatic heterocycles. The summed E-state index contributed by atoms with van der Waals surface area (Å²) in [5.74, 6) is 1.15. The summed E-state index contributed by atoms with van der Waals surface area (Å²) in [5, 5.41) is 1.31. The summed E-state index contributed by atoms with van der Waals surface area (Å²) < 4.78 is 17.7. The molecule has 0 radical (unpaired) electrons. The highest BCUT2D eigenvalue weighted by Crippen LogP contribution is 2.34. The molecule has 0 bridgehead atoms. The fourth-order valence-corrected chi connectivity index (χ4v) is 4.95. The third-order valence-corrected chi connectivity index (χ3v) is 6.62. The highest BCUT2D eigenvalue weighted by molar-refractivity contribution is 7.22. The predicted molar refractivity (Wildman–Crippen MR) is 128 cm³/mol. The average Bonchev–Trinajstić information content (AvgIpc) is 3.22. The molecule has 1 amide bonds. The molecule has 2 aliphatic heterocycles. The van der Waals surface area contributed by atoms with E-state index in [9.17, 15) is 4.79 Å². The summed E-state index contributed by atoms with van der Waals surface area (Å²) in [6, 6.07) is 10.9. The first kappa shape index (κ1) is 23.1. The van der Waals surface area contributed by atoms with Crippen LogP contribution in [-0.4, -0.2) is 68.4 Å². The lowest BCUT2D eigenvalue weighted by Gasteiger charge is -2.29. The fraction of sp³-hybridized carbons (Fsp3) is 0.364. The number of benzene rings is 2. The lowest BCUT2D eigenvalue weighted by Crippen LogP contribution is -2.43. The van der Waals surface area contributed by atoms with Gasteiger partial charge in [-0.25, -0.2) is 4.98 Å². The lowest BCUT2D eigenvalue weighted by molar-refractivity contribution is 0.0391. The molecule has 0 unspecified atom stereocenters. The van der Waals surface area contributed by atoms with Crippen molar-refractivity contribution >= 4 is 56.6 Å². The van der Waals surface area contributed by atoms with Gasteiger partial charge in [-0.3, -0.25) is 14.6 Å². The molecule has 0 N–H and O–H groups in total. The van der Waals surface area contributed by atoms with Crippen LogP contribution in [0.1, 0.15) is 10.4 Å². The Morgan fingerprint density at radius 2 is 1.84 bits per heavy atom. The number of thiazole rings is 1. The van der Waals surface area contributed by atoms with Gasteiger partial charge >= 0.3 is 0 Å². The van der Waals surface area contributed by atoms with E-state index in [1.165, 1.54) is 11.3 Å². The number of ether oxygens (including phenoxy) is 3. The molecular formula is C22H23Cl2N3O4S. The Morgan fingerprint density at radius 3 is 2.66 bits per heavy atom. The van der Waals surface area contributed by atoms with Crippen LogP contribution in [0.3, 0.4) is 0 Å². The van der Waals surface area contributed by atoms with Gasteiger partial charge in [-0.1, -0.05) is 22.9 Å². The van der Waals surface area contributed by atoms with Crippen molar-refractivity contribution in [3.8, 4) is 11.5 Å². The Labute approximate surface area is 201 Å². The van der Waals surface area contributed by atoms with Crippen LogP contribution in [0.4, 0.5) is 5.13 Å². The summed E-state index contributed by atoms with van der Waals surface area (Å²) in [4.78, 5) is 22.3. The van der Waals surface area contributed by atoms with E-state index in [0.29, 0.717) is 47.0 Å². The minimum absolute atomic E-state index is 0. The molecule has 32 heavy (non-hydrogen) atoms. The van der Waals surface area contributed by atoms with Crippen LogP contribution in [0.5, 0.6) is 11.5 Å². The first-order chi connectivity index (χ1) is 15.2. The number of hydrogen-bond acceptors (Lipinski definition) is 7. The van der Waals surface area contributed by atoms with Crippen molar-refractivity contribution < 1.29 is 19.0 Å². The molecule has 1 saturated heterocycles. The van der Waals surface area contributed by atoms with E-state index in [2.05, 4.69) is 4.90 Å². The van der Waals surface area contributed by atoms with E-state index in [4.69, 9.17) is 30.8 Å². The number of fused-ring (bicyclic) bond motifs is 2. The van der Waals surface area contributed by atoms with Crippen molar-refractivity contribution in [2.75, 3.05) is 57.5 Å². The van der Waals surface area contributed by atoms with Gasteiger partial charge in [-0.05, 0) is 36.4 Å². The summed E-state index contributed by atoms with van der Waals surface area (Å²) >= 11 is 7.62. The van der Waals surface area contributed by atoms with Gasteiger partial charge in [0.2, 0.25) is 0 Å². The number of anilines is 1. The summed E-state index contributed by atoms with van der Waals surface area (Å²) in [6.45, 7) is 5.43. The standard InChI is InChI=1S/C22H22ClN3O4S.ClH/c23-16-2-3-17-20(14-16)31-22(24-17)26(6-5-25-7-9-28-10-8-25)21(27)15-1-4-18-19(13-15)30-12-11-29-18;/h1-4,13-14H,5-12H2;1H. The Balaban J connectivity index is 0.00000245. The zero-order valence-corrected chi connectivity index (χ0v) is 19.7. The highest BCUT2D eigenvalue weighted by Gasteiger charge is 2.24. The molecule has 0 atom stereocenters. The number of halogens is 2. The lowest BCUT2D eigenvalue weighted by atomic mass is 10.1. The third-order valence-electron chi connectivity index (χ3n) is 5.35. The second-order valence-corrected chi connectivity index (χ2v) is 8.82. The van der Waals surface area contributed by atoms with Crippen molar-refractivity contribution in [2.24, 2.45) is 0 Å². The third kappa shape index (κ3) is 4.94. The van der Waals surface area contributed by atoms with E-state index in [-0.39, 0.29) is 18.3 Å². The average molecular weight is 496 g/mol. The Bertz CT molecular complexity index is 1100. The number of amides is 1. The molecule has 10 heteroatoms. The molecule has 0 saturated carbocycles. The second-order valence-electron chi connectivity index (χ2n) is 7.38. The number of carbonyl (C=O) groups excluding carboxylic acids is 1. The zero-order valence-electron chi connectivity index (χ0n) is 17.3. The number of rotatable bonds is 5. The molecule has 2 aliphatic rings. The van der Waals surface area contributed by atoms with E-state index < -0.39 is 0 Å². The van der Waals surface area contributed by atoms with Gasteiger partial charge in [0, 0.05) is 36.8 Å². The van der Waals surface area contributed by atoms with E-state index in [0.717, 1.165) is 43.1 Å². The van der Waals surface area contributed by atoms with Crippen LogP contribution < -0.4 is 14.4 Å². The molecule has 0 aliphatic carbocycles. The summed E-state index contributed by atoms with van der Waals surface area (Å²) in [5.41, 5.74) is 1.37. The van der Waals surface area contributed by atoms with Gasteiger partial charge in [0.05, 0.1) is 23.4 Å². The van der Waals surface area contributed by atoms with E-state index in [1.807, 2.05) is 18.2 Å². The van der Waals surface area contributed by atoms with Crippen LogP contribution >= 0.6 is 35.3 Å². The molecule has 3 heterocycles. The Morgan fingerprint density at radius 1 is 1.06 bits per heavy atom. The van der Waals surface area contributed by atoms with Gasteiger partial charge in [0.1, 0.15) is 13.2 Å². The van der Waals surface area contributed by atoms with Crippen LogP contribution in [0.2, 0.25) is 5.02 Å². The van der Waals surface area contributed by atoms with Gasteiger partial charge in [-0.2, -0.15) is 0 Å². The molecule has 7 nitrogen and oxygen atoms in total. The van der Waals surface area contributed by atoms with Crippen LogP contribution in [-0.2, 0) is 4.74 Å². The quantitative estimate of drug-likeness (QED) is 0.530. The molecule has 5 rings (SSSR count). The Kier molecular flexibility index (Phi) is 7.37. The molecule has 170 valence electrons. The minimum atomic E-state index is -0.115. The maximum absolute atomic E-state index is 13.6. The highest BCUT2D eigenvalue weighted by atomic mass is 35.5. The molecule has 1 fully saturated rings. The first-order valence-corrected chi connectivity index (χ1v) is 11.4. The first-order valence-electron chi connectivity index (χ1n) is 10.2. The predicted octanol–water partition coefficient (Wildman–Crippen LogP) is 4.12. The molecule has 3 aromatic rings. The number of hydrogen-bond donors (Lipinski definition) is 0. The van der Waals surface area contributed by atoms with Crippen molar-refractivity contribution in [1.82, 2.24) is 9.88 Å². The maximum atomic E-state index is 13.6. The normalized spacial score (nSPS) is 15.9. The summed E-state index contributed by atoms with van der Waals surface area (Å²) in [6.07, 6.45) is 0. The van der Waals surface area contributed by atoms with Crippen LogP contribution in [0.25, 0.3) is 10.2 Å². The van der Waals surface area contributed by atoms with E-state index in [1.54, 1.807) is 23.1 Å². The number of aromatic nitrogens is 1. The summed E-state index contributed by atoms with van der Waals surface area (Å²) in [7, 11) is 0. The number of nitrogens with zero attached hydrogens (tertiary/aromatic N) is 3. The van der Waals surface area contributed by atoms with Gasteiger partial charge in [0.25, 0.3) is 5.91 Å². The molecule has 2 aromatic carbocycles. The van der Waals surface area contributed by atoms with Crippen LogP contribution in [0.15, 0.2) is 36.4 Å². The van der Waals surface area contributed by atoms with Crippen molar-refractivity contribution in [3.05, 3.63) is 47.0 Å². The van der Waals surface area contributed by atoms with Crippen LogP contribution in [0, 0.1) is 0 Å². The monoisotopic (exact) mass is 495 g/mol. The molecule has 0 spiro atoms. The van der Waals surface area contributed by atoms with Crippen molar-refractivity contribution in [1.29, 1.82) is 0 Å². The van der Waals surface area contributed by atoms with Gasteiger partial charge in [0.15, 0.2) is 16.6 Å². The van der Waals surface area contributed by atoms with Gasteiger partial charge in [-0.15, -0.1) is 12.4 Å². The zero-order chi connectivity index (χ0) is 21.2. The molecular weight excluding hydrogens is 473 g/mol. The Hall–Kier alpha value is -2.10. The minimum Gasteiger partial charge on any atom is -0.486 e.